The standard InChI is InChI=1S/C48H42F2N2O8/c1-29-47(49,45(53)51-39-19-15-35-11-9-31-5-3-7-33-13-17-37(39)43(35)41(31)33)59-27-23-56-22-26-58-30(2)48(50,60-28-24-55-21-25-57-29)46(54)52-40-20-16-36-12-10-32-6-4-8-34-14-18-38(40)44(36)42(32)34/h3-19,40H,1-2,20-28H2,(H,51,53)(H,52,54)/t40?,47?,48-/m0/s1. The van der Waals surface area contributed by atoms with Gasteiger partial charge in [0.2, 0.25) is 0 Å². The van der Waals surface area contributed by atoms with Crippen LogP contribution in [0.4, 0.5) is 14.5 Å². The van der Waals surface area contributed by atoms with E-state index >= 15 is 8.78 Å². The van der Waals surface area contributed by atoms with Gasteiger partial charge in [-0.2, -0.15) is 8.78 Å². The van der Waals surface area contributed by atoms with Crippen LogP contribution in [-0.4, -0.2) is 76.4 Å². The molecule has 1 aliphatic heterocycles. The zero-order valence-corrected chi connectivity index (χ0v) is 32.7. The van der Waals surface area contributed by atoms with Gasteiger partial charge >= 0.3 is 11.7 Å². The topological polar surface area (TPSA) is 114 Å². The number of anilines is 1. The van der Waals surface area contributed by atoms with Gasteiger partial charge in [-0.05, 0) is 71.7 Å². The van der Waals surface area contributed by atoms with Gasteiger partial charge in [-0.3, -0.25) is 9.59 Å². The molecule has 12 heteroatoms. The number of carbonyl (C=O) groups excluding carboxylic acids is 2. The maximum absolute atomic E-state index is 16.8. The summed E-state index contributed by atoms with van der Waals surface area (Å²) in [6, 6.07) is 31.1. The molecule has 2 amide bonds. The van der Waals surface area contributed by atoms with E-state index in [0.29, 0.717) is 12.1 Å². The van der Waals surface area contributed by atoms with Gasteiger partial charge in [0.1, 0.15) is 13.2 Å². The molecule has 0 spiro atoms. The Morgan fingerprint density at radius 2 is 1.07 bits per heavy atom. The molecule has 1 aliphatic carbocycles. The fourth-order valence-electron chi connectivity index (χ4n) is 8.27. The van der Waals surface area contributed by atoms with E-state index in [1.54, 1.807) is 6.07 Å². The van der Waals surface area contributed by atoms with Gasteiger partial charge in [0.05, 0.1) is 45.7 Å². The van der Waals surface area contributed by atoms with Crippen molar-refractivity contribution in [1.82, 2.24) is 5.32 Å². The summed E-state index contributed by atoms with van der Waals surface area (Å²) in [7, 11) is 0. The minimum absolute atomic E-state index is 0.124. The second kappa shape index (κ2) is 16.1. The molecular weight excluding hydrogens is 771 g/mol. The lowest BCUT2D eigenvalue weighted by Gasteiger charge is -2.30. The van der Waals surface area contributed by atoms with Gasteiger partial charge in [0.25, 0.3) is 11.8 Å². The average Bonchev–Trinajstić information content (AvgIpc) is 3.26. The Kier molecular flexibility index (Phi) is 10.6. The maximum atomic E-state index is 16.8. The van der Waals surface area contributed by atoms with Crippen LogP contribution in [0.5, 0.6) is 0 Å². The molecule has 306 valence electrons. The average molecular weight is 813 g/mol. The van der Waals surface area contributed by atoms with Gasteiger partial charge in [0.15, 0.2) is 11.5 Å². The maximum Gasteiger partial charge on any atom is 0.346 e. The van der Waals surface area contributed by atoms with Gasteiger partial charge < -0.3 is 39.1 Å². The second-order valence-corrected chi connectivity index (χ2v) is 14.8. The lowest BCUT2D eigenvalue weighted by molar-refractivity contribution is -0.183. The van der Waals surface area contributed by atoms with Crippen LogP contribution in [0.25, 0.3) is 59.9 Å². The zero-order chi connectivity index (χ0) is 41.4. The molecule has 3 atom stereocenters. The number of ether oxygens (including phenoxy) is 6. The summed E-state index contributed by atoms with van der Waals surface area (Å²) in [5, 5.41) is 16.6. The quantitative estimate of drug-likeness (QED) is 0.172. The van der Waals surface area contributed by atoms with Gasteiger partial charge in [-0.1, -0.05) is 110 Å². The molecule has 9 rings (SSSR count). The molecule has 2 unspecified atom stereocenters. The van der Waals surface area contributed by atoms with Crippen molar-refractivity contribution in [2.24, 2.45) is 0 Å². The SMILES string of the molecule is C=C1OCCOCCO[C@](F)(C(=O)NC2CC=c3ccc4cccc5ccc2c3c54)C(=C)OCCOCCOC1(F)C(=O)Nc1ccc2ccc3cccc4ccc1c2c34. The largest absolute Gasteiger partial charge is 0.490 e. The monoisotopic (exact) mass is 812 g/mol. The van der Waals surface area contributed by atoms with E-state index < -0.39 is 47.7 Å². The molecule has 0 saturated carbocycles. The highest BCUT2D eigenvalue weighted by atomic mass is 19.2. The zero-order valence-electron chi connectivity index (χ0n) is 32.7. The summed E-state index contributed by atoms with van der Waals surface area (Å²) >= 11 is 0. The van der Waals surface area contributed by atoms with E-state index in [0.717, 1.165) is 64.6 Å². The molecule has 2 N–H and O–H groups in total. The number of alkyl halides is 2. The molecule has 7 aromatic carbocycles. The van der Waals surface area contributed by atoms with Crippen LogP contribution in [0.1, 0.15) is 18.0 Å². The first-order valence-corrected chi connectivity index (χ1v) is 19.8. The highest BCUT2D eigenvalue weighted by Gasteiger charge is 2.47. The van der Waals surface area contributed by atoms with Crippen LogP contribution in [-0.2, 0) is 38.0 Å². The Morgan fingerprint density at radius 3 is 1.70 bits per heavy atom. The van der Waals surface area contributed by atoms with Crippen molar-refractivity contribution in [3.05, 3.63) is 133 Å². The number of benzene rings is 7. The predicted octanol–water partition coefficient (Wildman–Crippen LogP) is 8.06. The van der Waals surface area contributed by atoms with E-state index in [1.807, 2.05) is 84.9 Å². The predicted molar refractivity (Wildman–Crippen MR) is 227 cm³/mol. The third-order valence-electron chi connectivity index (χ3n) is 11.2. The number of rotatable bonds is 4. The van der Waals surface area contributed by atoms with Crippen molar-refractivity contribution in [1.29, 1.82) is 0 Å². The molecule has 7 aromatic rings. The molecule has 0 aromatic heterocycles. The van der Waals surface area contributed by atoms with Gasteiger partial charge in [0, 0.05) is 11.1 Å². The molecule has 1 fully saturated rings. The lowest BCUT2D eigenvalue weighted by atomic mass is 9.87. The molecule has 1 saturated heterocycles. The molecule has 60 heavy (non-hydrogen) atoms. The minimum atomic E-state index is -3.12. The van der Waals surface area contributed by atoms with Crippen molar-refractivity contribution in [2.45, 2.75) is 24.2 Å². The number of nitrogens with one attached hydrogen (secondary N) is 2. The summed E-state index contributed by atoms with van der Waals surface area (Å²) in [5.74, 6) is -9.60. The molecule has 2 aliphatic rings. The highest BCUT2D eigenvalue weighted by Crippen LogP contribution is 2.39. The summed E-state index contributed by atoms with van der Waals surface area (Å²) in [6.07, 6.45) is 2.46. The second-order valence-electron chi connectivity index (χ2n) is 14.8. The number of amides is 2. The number of hydrogen-bond acceptors (Lipinski definition) is 8. The summed E-state index contributed by atoms with van der Waals surface area (Å²) in [4.78, 5) is 27.6. The Labute approximate surface area is 343 Å². The van der Waals surface area contributed by atoms with Crippen molar-refractivity contribution < 1.29 is 46.8 Å². The van der Waals surface area contributed by atoms with E-state index in [2.05, 4.69) is 35.9 Å². The summed E-state index contributed by atoms with van der Waals surface area (Å²) < 4.78 is 66.8. The Morgan fingerprint density at radius 1 is 0.567 bits per heavy atom. The van der Waals surface area contributed by atoms with Crippen LogP contribution in [0.2, 0.25) is 0 Å². The van der Waals surface area contributed by atoms with Crippen molar-refractivity contribution in [3.8, 4) is 0 Å². The molecule has 1 heterocycles. The molecule has 0 bridgehead atoms. The van der Waals surface area contributed by atoms with Crippen LogP contribution >= 0.6 is 0 Å². The normalized spacial score (nSPS) is 22.5. The first kappa shape index (κ1) is 39.3. The lowest BCUT2D eigenvalue weighted by Crippen LogP contribution is -2.49. The minimum Gasteiger partial charge on any atom is -0.490 e. The fraction of sp³-hybridized carbons (Fsp3) is 0.250. The van der Waals surface area contributed by atoms with Gasteiger partial charge in [-0.25, -0.2) is 0 Å². The van der Waals surface area contributed by atoms with Crippen molar-refractivity contribution in [3.63, 3.8) is 0 Å². The van der Waals surface area contributed by atoms with Crippen LogP contribution in [0.3, 0.4) is 0 Å². The van der Waals surface area contributed by atoms with Crippen molar-refractivity contribution in [2.75, 3.05) is 58.2 Å². The first-order valence-electron chi connectivity index (χ1n) is 19.8. The highest BCUT2D eigenvalue weighted by molar-refractivity contribution is 6.26. The smallest absolute Gasteiger partial charge is 0.346 e. The Bertz CT molecular complexity index is 2830. The fourth-order valence-corrected chi connectivity index (χ4v) is 8.27. The van der Waals surface area contributed by atoms with E-state index in [-0.39, 0.29) is 46.2 Å². The van der Waals surface area contributed by atoms with Crippen LogP contribution in [0.15, 0.2) is 122 Å². The number of halogens is 2. The van der Waals surface area contributed by atoms with Gasteiger partial charge in [-0.15, -0.1) is 0 Å². The summed E-state index contributed by atoms with van der Waals surface area (Å²) in [5.41, 5.74) is 1.25. The first-order chi connectivity index (χ1) is 29.2. The molecule has 0 radical (unpaired) electrons. The summed E-state index contributed by atoms with van der Waals surface area (Å²) in [6.45, 7) is 5.52. The molecular formula is C48H42F2N2O8. The van der Waals surface area contributed by atoms with Crippen LogP contribution in [0, 0.1) is 0 Å². The molecule has 10 nitrogen and oxygen atoms in total. The number of carbonyl (C=O) groups is 2. The van der Waals surface area contributed by atoms with Crippen LogP contribution < -0.4 is 15.9 Å². The van der Waals surface area contributed by atoms with E-state index in [9.17, 15) is 9.59 Å². The van der Waals surface area contributed by atoms with E-state index in [4.69, 9.17) is 28.4 Å². The third-order valence-corrected chi connectivity index (χ3v) is 11.2. The van der Waals surface area contributed by atoms with E-state index in [1.165, 1.54) is 0 Å². The third kappa shape index (κ3) is 7.05. The van der Waals surface area contributed by atoms with Crippen molar-refractivity contribution >= 4 is 77.4 Å². The Hall–Kier alpha value is -6.18. The Balaban J connectivity index is 0.863. The number of hydrogen-bond donors (Lipinski definition) is 2.